The molecule has 7 heteroatoms. The Morgan fingerprint density at radius 3 is 2.33 bits per heavy atom. The molecule has 1 amide bonds. The van der Waals surface area contributed by atoms with E-state index in [-0.39, 0.29) is 5.91 Å². The average Bonchev–Trinajstić information content (AvgIpc) is 3.27. The van der Waals surface area contributed by atoms with Crippen LogP contribution in [0.1, 0.15) is 25.0 Å². The van der Waals surface area contributed by atoms with E-state index in [1.54, 1.807) is 24.7 Å². The van der Waals surface area contributed by atoms with Gasteiger partial charge in [-0.2, -0.15) is 0 Å². The highest BCUT2D eigenvalue weighted by Gasteiger charge is 2.22. The number of hydrogen-bond donors (Lipinski definition) is 0. The number of carbonyl (C=O) groups excluding carboxylic acids is 1. The first-order valence-electron chi connectivity index (χ1n) is 9.62. The summed E-state index contributed by atoms with van der Waals surface area (Å²) >= 11 is 0. The second-order valence-electron chi connectivity index (χ2n) is 6.94. The summed E-state index contributed by atoms with van der Waals surface area (Å²) in [5.74, 6) is 2.67. The van der Waals surface area contributed by atoms with E-state index in [1.807, 2.05) is 17.0 Å². The number of anilines is 2. The molecular formula is C20H25N5O2. The van der Waals surface area contributed by atoms with Crippen molar-refractivity contribution >= 4 is 23.6 Å². The Bertz CT molecular complexity index is 775. The Balaban J connectivity index is 1.34. The SMILES string of the molecule is O=C(C=Cc1ccco1)N1CCN(c2cc(N3CCCCC3)ncn2)CC1. The van der Waals surface area contributed by atoms with E-state index >= 15 is 0 Å². The standard InChI is InChI=1S/C20H25N5O2/c26-20(7-6-17-5-4-14-27-17)25-12-10-24(11-13-25)19-15-18(21-16-22-19)23-8-2-1-3-9-23/h4-7,14-16H,1-3,8-13H2. The quantitative estimate of drug-likeness (QED) is 0.774. The minimum Gasteiger partial charge on any atom is -0.465 e. The van der Waals surface area contributed by atoms with Gasteiger partial charge in [-0.3, -0.25) is 4.79 Å². The third-order valence-electron chi connectivity index (χ3n) is 5.17. The summed E-state index contributed by atoms with van der Waals surface area (Å²) in [7, 11) is 0. The zero-order valence-corrected chi connectivity index (χ0v) is 15.5. The molecule has 2 aliphatic rings. The van der Waals surface area contributed by atoms with Gasteiger partial charge in [-0.1, -0.05) is 0 Å². The van der Waals surface area contributed by atoms with E-state index in [0.717, 1.165) is 37.8 Å². The Morgan fingerprint density at radius 2 is 1.67 bits per heavy atom. The fourth-order valence-electron chi connectivity index (χ4n) is 3.61. The summed E-state index contributed by atoms with van der Waals surface area (Å²) in [6.07, 6.45) is 10.3. The van der Waals surface area contributed by atoms with Crippen LogP contribution in [0.5, 0.6) is 0 Å². The topological polar surface area (TPSA) is 65.7 Å². The van der Waals surface area contributed by atoms with E-state index in [0.29, 0.717) is 18.8 Å². The van der Waals surface area contributed by atoms with Crippen molar-refractivity contribution in [2.75, 3.05) is 49.1 Å². The Hall–Kier alpha value is -2.83. The zero-order chi connectivity index (χ0) is 18.5. The van der Waals surface area contributed by atoms with Gasteiger partial charge in [-0.05, 0) is 37.5 Å². The summed E-state index contributed by atoms with van der Waals surface area (Å²) in [6.45, 7) is 5.06. The van der Waals surface area contributed by atoms with Gasteiger partial charge in [-0.25, -0.2) is 9.97 Å². The minimum absolute atomic E-state index is 0.0164. The molecule has 0 saturated carbocycles. The number of furan rings is 1. The maximum atomic E-state index is 12.3. The van der Waals surface area contributed by atoms with Crippen molar-refractivity contribution in [3.8, 4) is 0 Å². The number of amides is 1. The Morgan fingerprint density at radius 1 is 0.963 bits per heavy atom. The van der Waals surface area contributed by atoms with Crippen molar-refractivity contribution < 1.29 is 9.21 Å². The molecule has 4 rings (SSSR count). The molecule has 2 saturated heterocycles. The summed E-state index contributed by atoms with van der Waals surface area (Å²) in [6, 6.07) is 5.72. The molecule has 0 radical (unpaired) electrons. The normalized spacial score (nSPS) is 18.3. The van der Waals surface area contributed by atoms with Crippen LogP contribution < -0.4 is 9.80 Å². The van der Waals surface area contributed by atoms with Crippen LogP contribution in [0.15, 0.2) is 41.3 Å². The van der Waals surface area contributed by atoms with E-state index in [2.05, 4.69) is 25.8 Å². The number of nitrogens with zero attached hydrogens (tertiary/aromatic N) is 5. The first-order valence-corrected chi connectivity index (χ1v) is 9.62. The van der Waals surface area contributed by atoms with Crippen molar-refractivity contribution in [3.05, 3.63) is 42.6 Å². The van der Waals surface area contributed by atoms with Gasteiger partial charge >= 0.3 is 0 Å². The maximum absolute atomic E-state index is 12.3. The molecule has 0 aliphatic carbocycles. The predicted molar refractivity (Wildman–Crippen MR) is 105 cm³/mol. The lowest BCUT2D eigenvalue weighted by molar-refractivity contribution is -0.126. The highest BCUT2D eigenvalue weighted by Crippen LogP contribution is 2.22. The third-order valence-corrected chi connectivity index (χ3v) is 5.17. The van der Waals surface area contributed by atoms with Crippen LogP contribution in [0.4, 0.5) is 11.6 Å². The number of carbonyl (C=O) groups is 1. The molecule has 0 N–H and O–H groups in total. The van der Waals surface area contributed by atoms with Crippen LogP contribution in [-0.4, -0.2) is 60.0 Å². The smallest absolute Gasteiger partial charge is 0.246 e. The molecule has 2 aromatic heterocycles. The molecule has 0 atom stereocenters. The molecule has 7 nitrogen and oxygen atoms in total. The number of piperazine rings is 1. The number of aromatic nitrogens is 2. The molecule has 0 aromatic carbocycles. The molecule has 2 fully saturated rings. The molecule has 0 spiro atoms. The lowest BCUT2D eigenvalue weighted by Gasteiger charge is -2.35. The lowest BCUT2D eigenvalue weighted by atomic mass is 10.1. The molecule has 4 heterocycles. The third kappa shape index (κ3) is 4.30. The fraction of sp³-hybridized carbons (Fsp3) is 0.450. The lowest BCUT2D eigenvalue weighted by Crippen LogP contribution is -2.48. The van der Waals surface area contributed by atoms with E-state index < -0.39 is 0 Å². The first-order chi connectivity index (χ1) is 13.3. The average molecular weight is 367 g/mol. The Kier molecular flexibility index (Phi) is 5.37. The molecule has 142 valence electrons. The summed E-state index contributed by atoms with van der Waals surface area (Å²) in [5, 5.41) is 0. The molecule has 2 aromatic rings. The predicted octanol–water partition coefficient (Wildman–Crippen LogP) is 2.42. The summed E-state index contributed by atoms with van der Waals surface area (Å²) in [5.41, 5.74) is 0. The van der Waals surface area contributed by atoms with Gasteiger partial charge in [0.2, 0.25) is 5.91 Å². The van der Waals surface area contributed by atoms with Gasteiger partial charge in [0.05, 0.1) is 6.26 Å². The minimum atomic E-state index is 0.0164. The summed E-state index contributed by atoms with van der Waals surface area (Å²) in [4.78, 5) is 27.7. The highest BCUT2D eigenvalue weighted by atomic mass is 16.3. The molecule has 0 bridgehead atoms. The molecule has 0 unspecified atom stereocenters. The van der Waals surface area contributed by atoms with Crippen molar-refractivity contribution in [1.82, 2.24) is 14.9 Å². The zero-order valence-electron chi connectivity index (χ0n) is 15.5. The van der Waals surface area contributed by atoms with Gasteiger partial charge in [0.1, 0.15) is 23.7 Å². The van der Waals surface area contributed by atoms with Gasteiger partial charge in [0.25, 0.3) is 0 Å². The van der Waals surface area contributed by atoms with Crippen LogP contribution in [0.25, 0.3) is 6.08 Å². The number of hydrogen-bond acceptors (Lipinski definition) is 6. The van der Waals surface area contributed by atoms with Crippen LogP contribution in [0, 0.1) is 0 Å². The second-order valence-corrected chi connectivity index (χ2v) is 6.94. The van der Waals surface area contributed by atoms with E-state index in [9.17, 15) is 4.79 Å². The van der Waals surface area contributed by atoms with Crippen LogP contribution in [0.3, 0.4) is 0 Å². The second kappa shape index (κ2) is 8.24. The van der Waals surface area contributed by atoms with Crippen molar-refractivity contribution in [2.45, 2.75) is 19.3 Å². The molecular weight excluding hydrogens is 342 g/mol. The van der Waals surface area contributed by atoms with E-state index in [1.165, 1.54) is 19.3 Å². The first kappa shape index (κ1) is 17.6. The van der Waals surface area contributed by atoms with Gasteiger partial charge in [-0.15, -0.1) is 0 Å². The van der Waals surface area contributed by atoms with Crippen LogP contribution in [-0.2, 0) is 4.79 Å². The van der Waals surface area contributed by atoms with E-state index in [4.69, 9.17) is 4.42 Å². The van der Waals surface area contributed by atoms with Crippen molar-refractivity contribution in [2.24, 2.45) is 0 Å². The molecule has 2 aliphatic heterocycles. The van der Waals surface area contributed by atoms with Crippen molar-refractivity contribution in [1.29, 1.82) is 0 Å². The van der Waals surface area contributed by atoms with Gasteiger partial charge in [0.15, 0.2) is 0 Å². The largest absolute Gasteiger partial charge is 0.465 e. The fourth-order valence-corrected chi connectivity index (χ4v) is 3.61. The van der Waals surface area contributed by atoms with Gasteiger partial charge in [0, 0.05) is 51.4 Å². The monoisotopic (exact) mass is 367 g/mol. The van der Waals surface area contributed by atoms with Gasteiger partial charge < -0.3 is 19.1 Å². The highest BCUT2D eigenvalue weighted by molar-refractivity contribution is 5.91. The van der Waals surface area contributed by atoms with Crippen LogP contribution >= 0.6 is 0 Å². The molecule has 27 heavy (non-hydrogen) atoms. The van der Waals surface area contributed by atoms with Crippen molar-refractivity contribution in [3.63, 3.8) is 0 Å². The summed E-state index contributed by atoms with van der Waals surface area (Å²) < 4.78 is 5.22. The number of rotatable bonds is 4. The maximum Gasteiger partial charge on any atom is 0.246 e. The van der Waals surface area contributed by atoms with Crippen LogP contribution in [0.2, 0.25) is 0 Å². The number of piperidine rings is 1. The Labute approximate surface area is 159 Å².